The van der Waals surface area contributed by atoms with Crippen LogP contribution in [0.1, 0.15) is 33.3 Å². The van der Waals surface area contributed by atoms with E-state index in [-0.39, 0.29) is 5.54 Å². The lowest BCUT2D eigenvalue weighted by molar-refractivity contribution is 0.272. The molecule has 4 heteroatoms. The Hall–Kier alpha value is -1.24. The van der Waals surface area contributed by atoms with Gasteiger partial charge in [0.1, 0.15) is 11.8 Å². The highest BCUT2D eigenvalue weighted by Gasteiger charge is 2.12. The van der Waals surface area contributed by atoms with Gasteiger partial charge in [0.15, 0.2) is 6.10 Å². The molecule has 0 saturated heterocycles. The Labute approximate surface area is 114 Å². The first-order chi connectivity index (χ1) is 8.31. The van der Waals surface area contributed by atoms with Gasteiger partial charge in [-0.05, 0) is 45.9 Å². The predicted octanol–water partition coefficient (Wildman–Crippen LogP) is 3.52. The van der Waals surface area contributed by atoms with Crippen LogP contribution in [-0.2, 0) is 6.54 Å². The van der Waals surface area contributed by atoms with Crippen LogP contribution in [0, 0.1) is 11.3 Å². The van der Waals surface area contributed by atoms with Gasteiger partial charge >= 0.3 is 0 Å². The Bertz CT molecular complexity index is 446. The van der Waals surface area contributed by atoms with Gasteiger partial charge in [-0.25, -0.2) is 0 Å². The zero-order chi connectivity index (χ0) is 13.8. The van der Waals surface area contributed by atoms with E-state index in [1.54, 1.807) is 19.1 Å². The molecule has 18 heavy (non-hydrogen) atoms. The molecule has 1 unspecified atom stereocenters. The van der Waals surface area contributed by atoms with Crippen molar-refractivity contribution in [3.05, 3.63) is 28.8 Å². The van der Waals surface area contributed by atoms with Crippen LogP contribution in [0.25, 0.3) is 0 Å². The van der Waals surface area contributed by atoms with E-state index in [0.29, 0.717) is 17.3 Å². The molecule has 0 saturated carbocycles. The number of ether oxygens (including phenoxy) is 1. The lowest BCUT2D eigenvalue weighted by atomic mass is 10.1. The Morgan fingerprint density at radius 3 is 2.67 bits per heavy atom. The maximum atomic E-state index is 8.78. The molecule has 1 N–H and O–H groups in total. The van der Waals surface area contributed by atoms with Gasteiger partial charge in [0.05, 0.1) is 0 Å². The fraction of sp³-hybridized carbons (Fsp3) is 0.500. The summed E-state index contributed by atoms with van der Waals surface area (Å²) in [6.45, 7) is 8.65. The van der Waals surface area contributed by atoms with Gasteiger partial charge in [0, 0.05) is 22.7 Å². The van der Waals surface area contributed by atoms with Crippen LogP contribution in [0.2, 0.25) is 5.02 Å². The van der Waals surface area contributed by atoms with E-state index in [9.17, 15) is 0 Å². The van der Waals surface area contributed by atoms with E-state index in [1.165, 1.54) is 0 Å². The van der Waals surface area contributed by atoms with Crippen LogP contribution in [0.5, 0.6) is 5.75 Å². The van der Waals surface area contributed by atoms with Crippen molar-refractivity contribution in [2.24, 2.45) is 0 Å². The Balaban J connectivity index is 2.87. The maximum absolute atomic E-state index is 8.78. The molecule has 0 aliphatic rings. The minimum Gasteiger partial charge on any atom is -0.476 e. The number of nitrogens with one attached hydrogen (secondary N) is 1. The van der Waals surface area contributed by atoms with Crippen LogP contribution in [0.3, 0.4) is 0 Å². The summed E-state index contributed by atoms with van der Waals surface area (Å²) < 4.78 is 5.56. The number of halogens is 1. The van der Waals surface area contributed by atoms with Crippen molar-refractivity contribution < 1.29 is 4.74 Å². The molecule has 0 aliphatic carbocycles. The first-order valence-corrected chi connectivity index (χ1v) is 6.29. The fourth-order valence-corrected chi connectivity index (χ4v) is 1.57. The molecule has 1 aromatic rings. The summed E-state index contributed by atoms with van der Waals surface area (Å²) in [4.78, 5) is 0. The lowest BCUT2D eigenvalue weighted by Crippen LogP contribution is -2.35. The summed E-state index contributed by atoms with van der Waals surface area (Å²) in [5, 5.41) is 12.8. The van der Waals surface area contributed by atoms with Gasteiger partial charge < -0.3 is 10.1 Å². The summed E-state index contributed by atoms with van der Waals surface area (Å²) in [6.07, 6.45) is -0.473. The molecule has 98 valence electrons. The van der Waals surface area contributed by atoms with E-state index >= 15 is 0 Å². The van der Waals surface area contributed by atoms with Crippen molar-refractivity contribution in [2.45, 2.75) is 45.9 Å². The van der Waals surface area contributed by atoms with E-state index in [2.05, 4.69) is 32.2 Å². The van der Waals surface area contributed by atoms with Gasteiger partial charge in [0.25, 0.3) is 0 Å². The molecule has 0 amide bonds. The second kappa shape index (κ2) is 6.08. The topological polar surface area (TPSA) is 45.0 Å². The van der Waals surface area contributed by atoms with Crippen molar-refractivity contribution in [1.82, 2.24) is 5.32 Å². The first-order valence-electron chi connectivity index (χ1n) is 5.91. The van der Waals surface area contributed by atoms with Crippen LogP contribution in [0.4, 0.5) is 0 Å². The van der Waals surface area contributed by atoms with Gasteiger partial charge in [-0.2, -0.15) is 5.26 Å². The molecule has 1 aromatic carbocycles. The molecule has 0 aromatic heterocycles. The van der Waals surface area contributed by atoms with Crippen LogP contribution in [-0.4, -0.2) is 11.6 Å². The zero-order valence-corrected chi connectivity index (χ0v) is 12.0. The number of benzene rings is 1. The molecular formula is C14H19ClN2O. The van der Waals surface area contributed by atoms with E-state index < -0.39 is 6.10 Å². The highest BCUT2D eigenvalue weighted by Crippen LogP contribution is 2.24. The number of hydrogen-bond acceptors (Lipinski definition) is 3. The summed E-state index contributed by atoms with van der Waals surface area (Å²) in [5.74, 6) is 0.699. The largest absolute Gasteiger partial charge is 0.476 e. The second-order valence-electron chi connectivity index (χ2n) is 5.24. The van der Waals surface area contributed by atoms with Crippen molar-refractivity contribution in [3.63, 3.8) is 0 Å². The van der Waals surface area contributed by atoms with Crippen LogP contribution >= 0.6 is 11.6 Å². The third-order valence-corrected chi connectivity index (χ3v) is 2.55. The highest BCUT2D eigenvalue weighted by atomic mass is 35.5. The van der Waals surface area contributed by atoms with Crippen LogP contribution in [0.15, 0.2) is 18.2 Å². The van der Waals surface area contributed by atoms with E-state index in [0.717, 1.165) is 5.56 Å². The number of nitriles is 1. The van der Waals surface area contributed by atoms with Gasteiger partial charge in [0.2, 0.25) is 0 Å². The van der Waals surface area contributed by atoms with Gasteiger partial charge in [-0.15, -0.1) is 0 Å². The third kappa shape index (κ3) is 4.95. The summed E-state index contributed by atoms with van der Waals surface area (Å²) in [5.41, 5.74) is 0.972. The van der Waals surface area contributed by atoms with E-state index in [4.69, 9.17) is 21.6 Å². The summed E-state index contributed by atoms with van der Waals surface area (Å²) in [6, 6.07) is 7.48. The molecule has 0 fully saturated rings. The maximum Gasteiger partial charge on any atom is 0.181 e. The first kappa shape index (κ1) is 14.8. The summed E-state index contributed by atoms with van der Waals surface area (Å²) in [7, 11) is 0. The Morgan fingerprint density at radius 2 is 2.11 bits per heavy atom. The molecule has 1 atom stereocenters. The smallest absolute Gasteiger partial charge is 0.181 e. The zero-order valence-electron chi connectivity index (χ0n) is 11.2. The standard InChI is InChI=1S/C14H19ClN2O/c1-10(8-16)18-13-6-5-12(15)7-11(13)9-17-14(2,3)4/h5-7,10,17H,9H2,1-4H3. The van der Waals surface area contributed by atoms with Gasteiger partial charge in [-0.1, -0.05) is 11.6 Å². The lowest BCUT2D eigenvalue weighted by Gasteiger charge is -2.22. The van der Waals surface area contributed by atoms with Crippen molar-refractivity contribution in [2.75, 3.05) is 0 Å². The summed E-state index contributed by atoms with van der Waals surface area (Å²) >= 11 is 5.99. The SMILES string of the molecule is CC(C#N)Oc1ccc(Cl)cc1CNC(C)(C)C. The van der Waals surface area contributed by atoms with Crippen molar-refractivity contribution in [1.29, 1.82) is 5.26 Å². The van der Waals surface area contributed by atoms with Crippen molar-refractivity contribution in [3.8, 4) is 11.8 Å². The number of hydrogen-bond donors (Lipinski definition) is 1. The third-order valence-electron chi connectivity index (χ3n) is 2.32. The monoisotopic (exact) mass is 266 g/mol. The Kier molecular flexibility index (Phi) is 5.01. The fourth-order valence-electron chi connectivity index (χ4n) is 1.38. The second-order valence-corrected chi connectivity index (χ2v) is 5.68. The number of rotatable bonds is 4. The molecule has 0 radical (unpaired) electrons. The van der Waals surface area contributed by atoms with Gasteiger partial charge in [-0.3, -0.25) is 0 Å². The van der Waals surface area contributed by atoms with E-state index in [1.807, 2.05) is 6.07 Å². The Morgan fingerprint density at radius 1 is 1.44 bits per heavy atom. The quantitative estimate of drug-likeness (QED) is 0.907. The number of nitrogens with zero attached hydrogens (tertiary/aromatic N) is 1. The average molecular weight is 267 g/mol. The molecule has 0 bridgehead atoms. The predicted molar refractivity (Wildman–Crippen MR) is 73.7 cm³/mol. The minimum atomic E-state index is -0.473. The molecule has 0 heterocycles. The molecule has 0 spiro atoms. The highest BCUT2D eigenvalue weighted by molar-refractivity contribution is 6.30. The van der Waals surface area contributed by atoms with Crippen molar-refractivity contribution >= 4 is 11.6 Å². The molecule has 3 nitrogen and oxygen atoms in total. The molecular weight excluding hydrogens is 248 g/mol. The average Bonchev–Trinajstić information content (AvgIpc) is 2.28. The van der Waals surface area contributed by atoms with Crippen LogP contribution < -0.4 is 10.1 Å². The molecule has 1 rings (SSSR count). The minimum absolute atomic E-state index is 0.0143. The normalized spacial score (nSPS) is 12.9. The molecule has 0 aliphatic heterocycles.